The van der Waals surface area contributed by atoms with Crippen LogP contribution in [0.1, 0.15) is 34.6 Å². The number of carbonyl (C=O) groups excluding carboxylic acids is 1. The molecule has 0 aromatic rings. The van der Waals surface area contributed by atoms with Crippen molar-refractivity contribution in [2.24, 2.45) is 11.3 Å². The smallest absolute Gasteiger partial charge is 0.294 e. The Labute approximate surface area is 164 Å². The van der Waals surface area contributed by atoms with E-state index in [1.807, 2.05) is 0 Å². The second-order valence-corrected chi connectivity index (χ2v) is 11.0. The van der Waals surface area contributed by atoms with E-state index in [0.717, 1.165) is 0 Å². The van der Waals surface area contributed by atoms with Gasteiger partial charge in [0.15, 0.2) is 17.0 Å². The number of alkyl halides is 9. The van der Waals surface area contributed by atoms with Gasteiger partial charge in [-0.1, -0.05) is 34.6 Å². The number of carbonyl (C=O) groups is 1. The fraction of sp³-hybridized carbons (Fsp3) is 0.929. The Morgan fingerprint density at radius 1 is 0.897 bits per heavy atom. The highest BCUT2D eigenvalue weighted by atomic mass is 32.3. The zero-order valence-corrected chi connectivity index (χ0v) is 17.5. The number of rotatable bonds is 9. The third kappa shape index (κ3) is 6.15. The number of Topliss-reactive ketones (excluding diaryl/α,β-unsaturated/α-hetero) is 1. The molecule has 0 radical (unpaired) electrons. The largest absolute Gasteiger partial charge is 0.460 e. The molecule has 0 heterocycles. The van der Waals surface area contributed by atoms with Gasteiger partial charge in [0.2, 0.25) is 5.75 Å². The van der Waals surface area contributed by atoms with Crippen LogP contribution in [-0.4, -0.2) is 49.0 Å². The monoisotopic (exact) mass is 487 g/mol. The van der Waals surface area contributed by atoms with Crippen LogP contribution < -0.4 is 0 Å². The first-order valence-corrected chi connectivity index (χ1v) is 10.6. The molecule has 0 aliphatic heterocycles. The zero-order valence-electron chi connectivity index (χ0n) is 15.8. The molecule has 0 aliphatic rings. The molecule has 0 amide bonds. The average molecular weight is 487 g/mol. The van der Waals surface area contributed by atoms with Crippen LogP contribution in [0, 0.1) is 11.3 Å². The maximum atomic E-state index is 13.8. The number of hydrogen-bond donors (Lipinski definition) is 0. The molecule has 15 heteroatoms. The molecule has 0 saturated carbocycles. The van der Waals surface area contributed by atoms with Gasteiger partial charge >= 0.3 is 33.4 Å². The van der Waals surface area contributed by atoms with Crippen molar-refractivity contribution in [3.05, 3.63) is 0 Å². The highest BCUT2D eigenvalue weighted by molar-refractivity contribution is 8.03. The van der Waals surface area contributed by atoms with E-state index in [0.29, 0.717) is 0 Å². The molecule has 1 atom stereocenters. The molecule has 0 aromatic carbocycles. The molecule has 0 bridgehead atoms. The normalized spacial score (nSPS) is 16.2. The lowest BCUT2D eigenvalue weighted by molar-refractivity contribution is -0.382. The van der Waals surface area contributed by atoms with Gasteiger partial charge in [-0.2, -0.15) is 47.9 Å². The number of ketones is 1. The van der Waals surface area contributed by atoms with Gasteiger partial charge in [-0.3, -0.25) is 4.79 Å². The molecule has 174 valence electrons. The molecule has 0 saturated heterocycles. The minimum atomic E-state index is -7.38. The van der Waals surface area contributed by atoms with E-state index in [4.69, 9.17) is 0 Å². The molecule has 1 unspecified atom stereocenters. The lowest BCUT2D eigenvalue weighted by atomic mass is 10.0. The van der Waals surface area contributed by atoms with Crippen molar-refractivity contribution in [1.29, 1.82) is 0 Å². The summed E-state index contributed by atoms with van der Waals surface area (Å²) in [5.74, 6) is -17.5. The second-order valence-electron chi connectivity index (χ2n) is 7.60. The van der Waals surface area contributed by atoms with E-state index < -0.39 is 73.2 Å². The Hall–Kier alpha value is -0.700. The Morgan fingerprint density at radius 3 is 1.62 bits per heavy atom. The molecule has 0 fully saturated rings. The first-order chi connectivity index (χ1) is 12.4. The van der Waals surface area contributed by atoms with Gasteiger partial charge < -0.3 is 0 Å². The lowest BCUT2D eigenvalue weighted by Crippen LogP contribution is -2.63. The molecule has 29 heavy (non-hydrogen) atoms. The van der Waals surface area contributed by atoms with Gasteiger partial charge in [0.25, 0.3) is 0 Å². The topological polar surface area (TPSA) is 60.4 Å². The summed E-state index contributed by atoms with van der Waals surface area (Å²) in [7, 11) is -7.01. The summed E-state index contributed by atoms with van der Waals surface area (Å²) in [5, 5.41) is -6.94. The van der Waals surface area contributed by atoms with Gasteiger partial charge in [0.1, 0.15) is 5.75 Å². The summed E-state index contributed by atoms with van der Waals surface area (Å²) >= 11 is -2.32. The summed E-state index contributed by atoms with van der Waals surface area (Å²) in [6, 6.07) is 0. The third-order valence-electron chi connectivity index (χ3n) is 3.16. The van der Waals surface area contributed by atoms with E-state index in [9.17, 15) is 52.7 Å². The van der Waals surface area contributed by atoms with Crippen LogP contribution in [0.25, 0.3) is 0 Å². The number of halogens is 9. The lowest BCUT2D eigenvalue weighted by Gasteiger charge is -2.32. The highest BCUT2D eigenvalue weighted by Gasteiger charge is 2.86. The summed E-state index contributed by atoms with van der Waals surface area (Å²) in [6.07, 6.45) is -7.17. The van der Waals surface area contributed by atoms with Crippen molar-refractivity contribution in [2.45, 2.75) is 57.9 Å². The quantitative estimate of drug-likeness (QED) is 0.353. The van der Waals surface area contributed by atoms with Crippen molar-refractivity contribution >= 4 is 27.1 Å². The fourth-order valence-electron chi connectivity index (χ4n) is 1.59. The summed E-state index contributed by atoms with van der Waals surface area (Å²) < 4.78 is 144. The van der Waals surface area contributed by atoms with E-state index in [-0.39, 0.29) is 0 Å². The highest BCUT2D eigenvalue weighted by Crippen LogP contribution is 2.55. The Bertz CT molecular complexity index is 695. The predicted octanol–water partition coefficient (Wildman–Crippen LogP) is 4.56. The second kappa shape index (κ2) is 8.44. The Balaban J connectivity index is 6.11. The Morgan fingerprint density at radius 2 is 1.31 bits per heavy atom. The van der Waals surface area contributed by atoms with E-state index in [1.165, 1.54) is 34.6 Å². The molecular weight excluding hydrogens is 467 g/mol. The Kier molecular flexibility index (Phi) is 8.24. The van der Waals surface area contributed by atoms with Crippen molar-refractivity contribution < 1.29 is 56.4 Å². The summed E-state index contributed by atoms with van der Waals surface area (Å²) in [5.41, 5.74) is -0.899. The van der Waals surface area contributed by atoms with Crippen LogP contribution in [0.2, 0.25) is 0 Å². The molecule has 0 rings (SSSR count). The summed E-state index contributed by atoms with van der Waals surface area (Å²) in [6.45, 7) is 7.01. The maximum Gasteiger partial charge on any atom is 0.460 e. The zero-order chi connectivity index (χ0) is 23.9. The fourth-order valence-corrected chi connectivity index (χ4v) is 5.50. The van der Waals surface area contributed by atoms with E-state index in [2.05, 4.69) is 3.63 Å². The van der Waals surface area contributed by atoms with Gasteiger partial charge in [-0.25, -0.2) is 0 Å². The number of hydrogen-bond acceptors (Lipinski definition) is 4. The van der Waals surface area contributed by atoms with Crippen LogP contribution in [0.4, 0.5) is 39.5 Å². The standard InChI is InChI=1S/C14H20F9O4S2/c1-8(2)9(24)6-28(7-10(3,4)5)27-29(25,26)14(22,23)12(17,18)11(15,16)13(19,20)21/h8H,6-7H2,1-5H3/q+1. The molecule has 0 aliphatic carbocycles. The molecule has 0 aromatic heterocycles. The first-order valence-electron chi connectivity index (χ1n) is 7.75. The maximum absolute atomic E-state index is 13.8. The molecule has 0 N–H and O–H groups in total. The van der Waals surface area contributed by atoms with Crippen LogP contribution in [-0.2, 0) is 29.7 Å². The van der Waals surface area contributed by atoms with Gasteiger partial charge in [0.05, 0.1) is 0 Å². The first kappa shape index (κ1) is 28.3. The average Bonchev–Trinajstić information content (AvgIpc) is 2.42. The minimum Gasteiger partial charge on any atom is -0.294 e. The van der Waals surface area contributed by atoms with Crippen molar-refractivity contribution in [3.63, 3.8) is 0 Å². The molecule has 4 nitrogen and oxygen atoms in total. The SMILES string of the molecule is CC(C)C(=O)C[S+](CC(C)(C)C)OS(=O)(=O)C(F)(F)C(F)(F)C(F)(F)C(F)(F)F. The van der Waals surface area contributed by atoms with Crippen LogP contribution >= 0.6 is 0 Å². The van der Waals surface area contributed by atoms with Crippen molar-refractivity contribution in [3.8, 4) is 0 Å². The summed E-state index contributed by atoms with van der Waals surface area (Å²) in [4.78, 5) is 11.8. The van der Waals surface area contributed by atoms with E-state index >= 15 is 0 Å². The van der Waals surface area contributed by atoms with Crippen LogP contribution in [0.3, 0.4) is 0 Å². The minimum absolute atomic E-state index is 0.456. The third-order valence-corrected chi connectivity index (χ3v) is 7.32. The van der Waals surface area contributed by atoms with Crippen LogP contribution in [0.15, 0.2) is 0 Å². The van der Waals surface area contributed by atoms with Crippen LogP contribution in [0.5, 0.6) is 0 Å². The van der Waals surface area contributed by atoms with Gasteiger partial charge in [-0.05, 0) is 3.63 Å². The van der Waals surface area contributed by atoms with Gasteiger partial charge in [0, 0.05) is 11.3 Å². The predicted molar refractivity (Wildman–Crippen MR) is 87.3 cm³/mol. The molecular formula is C14H20F9O4S2+. The van der Waals surface area contributed by atoms with Crippen molar-refractivity contribution in [1.82, 2.24) is 0 Å². The van der Waals surface area contributed by atoms with Crippen molar-refractivity contribution in [2.75, 3.05) is 11.5 Å². The van der Waals surface area contributed by atoms with E-state index in [1.54, 1.807) is 0 Å². The molecule has 0 spiro atoms. The van der Waals surface area contributed by atoms with Gasteiger partial charge in [-0.15, -0.1) is 0 Å².